The summed E-state index contributed by atoms with van der Waals surface area (Å²) in [6, 6.07) is 43.4. The molecule has 4 heteroatoms. The Kier molecular flexibility index (Phi) is 7.85. The molecule has 0 bridgehead atoms. The molecule has 0 radical (unpaired) electrons. The van der Waals surface area contributed by atoms with Gasteiger partial charge in [-0.25, -0.2) is 0 Å². The minimum absolute atomic E-state index is 0.627. The maximum atomic E-state index is 3.50. The van der Waals surface area contributed by atoms with Crippen molar-refractivity contribution in [1.82, 2.24) is 0 Å². The normalized spacial score (nSPS) is 12.1. The van der Waals surface area contributed by atoms with E-state index < -0.39 is 5.41 Å². The smallest absolute Gasteiger partial charge is 0.0772 e. The third-order valence-corrected chi connectivity index (χ3v) is 12.8. The average molecular weight is 741 g/mol. The molecule has 53 heavy (non-hydrogen) atoms. The van der Waals surface area contributed by atoms with Crippen LogP contribution in [0.4, 0.5) is 0 Å². The van der Waals surface area contributed by atoms with Crippen molar-refractivity contribution in [3.05, 3.63) is 207 Å². The molecule has 4 heterocycles. The number of rotatable bonds is 0. The van der Waals surface area contributed by atoms with Gasteiger partial charge in [0, 0.05) is 22.3 Å². The van der Waals surface area contributed by atoms with Crippen LogP contribution in [-0.4, -0.2) is 0 Å². The number of hydrogen-bond acceptors (Lipinski definition) is 4. The summed E-state index contributed by atoms with van der Waals surface area (Å²) in [6.07, 6.45) is 0. The minimum atomic E-state index is -0.627. The van der Waals surface area contributed by atoms with Gasteiger partial charge in [-0.1, -0.05) is 95.9 Å². The Labute approximate surface area is 325 Å². The summed E-state index contributed by atoms with van der Waals surface area (Å²) in [5.41, 5.74) is 13.1. The van der Waals surface area contributed by atoms with Crippen LogP contribution in [0.1, 0.15) is 64.0 Å². The summed E-state index contributed by atoms with van der Waals surface area (Å²) < 4.78 is 0. The van der Waals surface area contributed by atoms with Crippen LogP contribution in [0.25, 0.3) is 22.3 Å². The fourth-order valence-electron chi connectivity index (χ4n) is 7.47. The number of fused-ring (bicyclic) bond motifs is 10. The second-order valence-electron chi connectivity index (χ2n) is 12.7. The molecule has 0 saturated carbocycles. The maximum Gasteiger partial charge on any atom is 0.0772 e. The minimum Gasteiger partial charge on any atom is -0.135 e. The van der Waals surface area contributed by atoms with Gasteiger partial charge in [0.25, 0.3) is 0 Å². The van der Waals surface area contributed by atoms with Crippen molar-refractivity contribution in [2.45, 2.75) is 5.41 Å². The fourth-order valence-corrected chi connectivity index (χ4v) is 9.76. The van der Waals surface area contributed by atoms with Gasteiger partial charge in [-0.3, -0.25) is 0 Å². The first kappa shape index (κ1) is 31.6. The van der Waals surface area contributed by atoms with Gasteiger partial charge in [-0.2, -0.15) is 0 Å². The van der Waals surface area contributed by atoms with Gasteiger partial charge < -0.3 is 0 Å². The molecule has 2 aliphatic rings. The summed E-state index contributed by atoms with van der Waals surface area (Å²) in [7, 11) is 0. The van der Waals surface area contributed by atoms with Gasteiger partial charge in [0.2, 0.25) is 0 Å². The molecule has 0 atom stereocenters. The molecule has 0 fully saturated rings. The second kappa shape index (κ2) is 13.2. The SMILES string of the molecule is C(#Cc1cccs1)c1ccc2c(c1)C1(c3cc(C#Cc4cccs4)ccc3-2)c2cc(C#Cc3cccs3)ccc2-c2ccc(C#Cc3cccs3)cc21. The molecule has 0 unspecified atom stereocenters. The van der Waals surface area contributed by atoms with E-state index in [-0.39, 0.29) is 0 Å². The van der Waals surface area contributed by atoms with E-state index in [1.807, 2.05) is 24.3 Å². The van der Waals surface area contributed by atoms with Crippen LogP contribution in [-0.2, 0) is 5.41 Å². The fraction of sp³-hybridized carbons (Fsp3) is 0.0204. The van der Waals surface area contributed by atoms with Crippen LogP contribution < -0.4 is 0 Å². The number of benzene rings is 4. The molecule has 4 aromatic heterocycles. The van der Waals surface area contributed by atoms with Crippen molar-refractivity contribution in [2.24, 2.45) is 0 Å². The van der Waals surface area contributed by atoms with Crippen LogP contribution in [0, 0.1) is 47.4 Å². The highest BCUT2D eigenvalue weighted by Gasteiger charge is 2.52. The molecule has 8 aromatic rings. The summed E-state index contributed by atoms with van der Waals surface area (Å²) >= 11 is 6.65. The predicted molar refractivity (Wildman–Crippen MR) is 224 cm³/mol. The van der Waals surface area contributed by atoms with Gasteiger partial charge in [0.05, 0.1) is 24.9 Å². The van der Waals surface area contributed by atoms with Crippen molar-refractivity contribution < 1.29 is 0 Å². The molecular weight excluding hydrogens is 717 g/mol. The van der Waals surface area contributed by atoms with Crippen molar-refractivity contribution in [3.63, 3.8) is 0 Å². The zero-order valence-corrected chi connectivity index (χ0v) is 31.3. The van der Waals surface area contributed by atoms with E-state index in [0.717, 1.165) is 41.8 Å². The van der Waals surface area contributed by atoms with Gasteiger partial charge in [0.1, 0.15) is 0 Å². The van der Waals surface area contributed by atoms with Crippen LogP contribution in [0.3, 0.4) is 0 Å². The van der Waals surface area contributed by atoms with Gasteiger partial charge in [-0.05, 0) is 139 Å². The third-order valence-electron chi connectivity index (χ3n) is 9.68. The molecule has 0 amide bonds. The van der Waals surface area contributed by atoms with Crippen molar-refractivity contribution >= 4 is 45.3 Å². The lowest BCUT2D eigenvalue weighted by Gasteiger charge is -2.31. The summed E-state index contributed by atoms with van der Waals surface area (Å²) in [4.78, 5) is 4.21. The van der Waals surface area contributed by atoms with Crippen molar-refractivity contribution in [1.29, 1.82) is 0 Å². The molecule has 10 rings (SSSR count). The summed E-state index contributed by atoms with van der Waals surface area (Å²) in [5.74, 6) is 27.6. The average Bonchev–Trinajstić information content (AvgIpc) is 4.05. The van der Waals surface area contributed by atoms with E-state index in [1.165, 1.54) is 44.5 Å². The highest BCUT2D eigenvalue weighted by Crippen LogP contribution is 2.63. The lowest BCUT2D eigenvalue weighted by Crippen LogP contribution is -2.26. The Morgan fingerprint density at radius 3 is 0.792 bits per heavy atom. The Balaban J connectivity index is 1.25. The standard InChI is InChI=1S/C49H24S4/c1-5-37(50-25-1)17-9-33-13-21-41-42-22-14-34(10-18-38-6-2-26-51-38)30-46(42)49(45(41)29-33)47-31-35(11-19-39-7-3-27-52-39)15-23-43(47)44-24-16-36(32-48(44)49)12-20-40-8-4-28-53-40/h1-8,13-16,21-32H. The largest absolute Gasteiger partial charge is 0.135 e. The highest BCUT2D eigenvalue weighted by molar-refractivity contribution is 7.11. The lowest BCUT2D eigenvalue weighted by atomic mass is 9.69. The molecule has 0 aliphatic heterocycles. The van der Waals surface area contributed by atoms with E-state index in [9.17, 15) is 0 Å². The third kappa shape index (κ3) is 5.59. The van der Waals surface area contributed by atoms with Gasteiger partial charge in [0.15, 0.2) is 0 Å². The molecule has 1 spiro atoms. The first-order valence-corrected chi connectivity index (χ1v) is 20.6. The molecule has 4 aromatic carbocycles. The Bertz CT molecular complexity index is 2530. The monoisotopic (exact) mass is 740 g/mol. The Hall–Kier alpha value is -6.08. The van der Waals surface area contributed by atoms with E-state index in [2.05, 4.69) is 166 Å². The number of hydrogen-bond donors (Lipinski definition) is 0. The topological polar surface area (TPSA) is 0 Å². The maximum absolute atomic E-state index is 3.50. The first-order chi connectivity index (χ1) is 26.2. The van der Waals surface area contributed by atoms with Crippen LogP contribution in [0.15, 0.2) is 143 Å². The van der Waals surface area contributed by atoms with E-state index in [1.54, 1.807) is 45.3 Å². The molecule has 2 aliphatic carbocycles. The predicted octanol–water partition coefficient (Wildman–Crippen LogP) is 11.9. The van der Waals surface area contributed by atoms with Crippen molar-refractivity contribution in [2.75, 3.05) is 0 Å². The summed E-state index contributed by atoms with van der Waals surface area (Å²) in [5, 5.41) is 8.28. The molecule has 0 saturated heterocycles. The lowest BCUT2D eigenvalue weighted by molar-refractivity contribution is 0.792. The number of thiophene rings is 4. The van der Waals surface area contributed by atoms with Crippen LogP contribution >= 0.6 is 45.3 Å². The zero-order chi connectivity index (χ0) is 35.2. The first-order valence-electron chi connectivity index (χ1n) is 17.0. The van der Waals surface area contributed by atoms with E-state index >= 15 is 0 Å². The van der Waals surface area contributed by atoms with Crippen molar-refractivity contribution in [3.8, 4) is 69.6 Å². The van der Waals surface area contributed by atoms with E-state index in [0.29, 0.717) is 0 Å². The molecule has 0 N–H and O–H groups in total. The molecular formula is C49H24S4. The zero-order valence-electron chi connectivity index (χ0n) is 28.0. The Morgan fingerprint density at radius 1 is 0.302 bits per heavy atom. The van der Waals surface area contributed by atoms with Gasteiger partial charge in [-0.15, -0.1) is 45.3 Å². The highest BCUT2D eigenvalue weighted by atomic mass is 32.1. The second-order valence-corrected chi connectivity index (χ2v) is 16.5. The van der Waals surface area contributed by atoms with Gasteiger partial charge >= 0.3 is 0 Å². The van der Waals surface area contributed by atoms with E-state index in [4.69, 9.17) is 0 Å². The summed E-state index contributed by atoms with van der Waals surface area (Å²) in [6.45, 7) is 0. The Morgan fingerprint density at radius 2 is 0.566 bits per heavy atom. The van der Waals surface area contributed by atoms with Crippen LogP contribution in [0.2, 0.25) is 0 Å². The quantitative estimate of drug-likeness (QED) is 0.136. The molecule has 0 nitrogen and oxygen atoms in total. The van der Waals surface area contributed by atoms with Crippen LogP contribution in [0.5, 0.6) is 0 Å². The molecule has 244 valence electrons.